The molecule has 0 bridgehead atoms. The Hall–Kier alpha value is -14.3. The largest absolute Gasteiger partial charge is 0.456 e. The molecule has 0 unspecified atom stereocenters. The van der Waals surface area contributed by atoms with Crippen molar-refractivity contribution in [1.29, 1.82) is 0 Å². The molecule has 9 nitrogen and oxygen atoms in total. The fraction of sp³-hybridized carbons (Fsp3) is 0.0101. The molecule has 22 aromatic rings. The molecule has 0 atom stereocenters. The Bertz CT molecular complexity index is 7550. The standard InChI is InChI=1S/C99H58N6O3S/c1-2-22-61(23-3-1)95-102-97(71-43-39-60-21-5-7-25-64(60)51-71)104-98(103-95)82-54-73(56-87-91(82)79-30-8-11-34-83(79)107-87)75-32-17-33-78-81-53-72-52-67(40-41-68(72)55-86(81)108-94(75)78)66-28-16-27-65(49-66)62-26-14-18-58(48-62)19-15-37-90-100-96(70-42-38-59-20-4-6-24-63(59)50-70)105-99(101-90)93-74(46-47-85-92(93)80-31-9-12-35-84(80)106-85)69-44-45-77-76-29-10-13-36-88(76)109-89(77)57-69/h1-36,38-57H,37H2/b19-15-. The van der Waals surface area contributed by atoms with Gasteiger partial charge >= 0.3 is 0 Å². The van der Waals surface area contributed by atoms with Crippen molar-refractivity contribution in [2.24, 2.45) is 0 Å². The minimum Gasteiger partial charge on any atom is -0.456 e. The van der Waals surface area contributed by atoms with Crippen LogP contribution in [0.2, 0.25) is 0 Å². The monoisotopic (exact) mass is 1410 g/mol. The Morgan fingerprint density at radius 1 is 0.257 bits per heavy atom. The van der Waals surface area contributed by atoms with E-state index in [0.29, 0.717) is 41.4 Å². The van der Waals surface area contributed by atoms with Crippen molar-refractivity contribution < 1.29 is 13.3 Å². The van der Waals surface area contributed by atoms with E-state index in [1.165, 1.54) is 20.2 Å². The van der Waals surface area contributed by atoms with Crippen molar-refractivity contribution in [3.63, 3.8) is 0 Å². The van der Waals surface area contributed by atoms with E-state index in [-0.39, 0.29) is 0 Å². The highest BCUT2D eigenvalue weighted by Gasteiger charge is 2.25. The van der Waals surface area contributed by atoms with Crippen molar-refractivity contribution in [3.8, 4) is 101 Å². The summed E-state index contributed by atoms with van der Waals surface area (Å²) in [6.45, 7) is 0. The van der Waals surface area contributed by atoms with Gasteiger partial charge in [0, 0.05) is 92.3 Å². The third kappa shape index (κ3) is 10.8. The summed E-state index contributed by atoms with van der Waals surface area (Å²) in [6.07, 6.45) is 4.80. The van der Waals surface area contributed by atoms with E-state index >= 15 is 0 Å². The molecule has 6 heterocycles. The zero-order valence-corrected chi connectivity index (χ0v) is 59.2. The van der Waals surface area contributed by atoms with E-state index in [1.54, 1.807) is 0 Å². The summed E-state index contributed by atoms with van der Waals surface area (Å²) in [5, 5.41) is 15.1. The highest BCUT2D eigenvalue weighted by molar-refractivity contribution is 7.25. The minimum atomic E-state index is 0.458. The van der Waals surface area contributed by atoms with Crippen LogP contribution >= 0.6 is 11.3 Å². The van der Waals surface area contributed by atoms with Crippen LogP contribution in [0, 0.1) is 0 Å². The molecule has 16 aromatic carbocycles. The van der Waals surface area contributed by atoms with Crippen molar-refractivity contribution >= 4 is 136 Å². The van der Waals surface area contributed by atoms with Gasteiger partial charge in [-0.05, 0) is 168 Å². The Morgan fingerprint density at radius 2 is 0.817 bits per heavy atom. The molecule has 0 saturated carbocycles. The number of benzene rings is 16. The van der Waals surface area contributed by atoms with Crippen molar-refractivity contribution in [2.45, 2.75) is 6.42 Å². The maximum absolute atomic E-state index is 7.01. The number of nitrogens with zero attached hydrogens (tertiary/aromatic N) is 6. The van der Waals surface area contributed by atoms with Gasteiger partial charge in [0.15, 0.2) is 29.1 Å². The van der Waals surface area contributed by atoms with Crippen molar-refractivity contribution in [2.75, 3.05) is 0 Å². The molecular weight excluding hydrogens is 1350 g/mol. The molecule has 10 heteroatoms. The number of aromatic nitrogens is 6. The molecule has 0 aliphatic carbocycles. The average molecular weight is 1410 g/mol. The average Bonchev–Trinajstić information content (AvgIpc) is 1.62. The Balaban J connectivity index is 0.593. The lowest BCUT2D eigenvalue weighted by molar-refractivity contribution is 0.668. The maximum Gasteiger partial charge on any atom is 0.165 e. The van der Waals surface area contributed by atoms with Crippen LogP contribution in [-0.2, 0) is 6.42 Å². The normalized spacial score (nSPS) is 12.0. The van der Waals surface area contributed by atoms with Crippen LogP contribution in [0.25, 0.3) is 226 Å². The highest BCUT2D eigenvalue weighted by atomic mass is 32.1. The second-order valence-corrected chi connectivity index (χ2v) is 29.0. The van der Waals surface area contributed by atoms with E-state index in [0.717, 1.165) is 176 Å². The summed E-state index contributed by atoms with van der Waals surface area (Å²) >= 11 is 1.81. The summed E-state index contributed by atoms with van der Waals surface area (Å²) in [6, 6.07) is 115. The first-order valence-corrected chi connectivity index (χ1v) is 37.4. The van der Waals surface area contributed by atoms with Gasteiger partial charge in [-0.25, -0.2) is 29.9 Å². The summed E-state index contributed by atoms with van der Waals surface area (Å²) < 4.78 is 22.9. The quantitative estimate of drug-likeness (QED) is 0.118. The van der Waals surface area contributed by atoms with E-state index in [2.05, 4.69) is 279 Å². The van der Waals surface area contributed by atoms with Gasteiger partial charge in [0.2, 0.25) is 0 Å². The summed E-state index contributed by atoms with van der Waals surface area (Å²) in [7, 11) is 0. The number of furan rings is 3. The van der Waals surface area contributed by atoms with Crippen LogP contribution in [0.4, 0.5) is 0 Å². The lowest BCUT2D eigenvalue weighted by atomic mass is 9.94. The third-order valence-corrected chi connectivity index (χ3v) is 22.5. The van der Waals surface area contributed by atoms with Gasteiger partial charge in [0.1, 0.15) is 39.3 Å². The molecule has 0 amide bonds. The predicted octanol–water partition coefficient (Wildman–Crippen LogP) is 26.8. The Labute approximate surface area is 627 Å². The minimum absolute atomic E-state index is 0.458. The molecule has 0 aliphatic heterocycles. The second kappa shape index (κ2) is 25.2. The summed E-state index contributed by atoms with van der Waals surface area (Å²) in [5.41, 5.74) is 18.6. The van der Waals surface area contributed by atoms with Gasteiger partial charge in [-0.1, -0.05) is 249 Å². The molecule has 508 valence electrons. The number of allylic oxidation sites excluding steroid dienone is 1. The number of fused-ring (bicyclic) bond motifs is 15. The zero-order valence-electron chi connectivity index (χ0n) is 58.4. The molecule has 0 aliphatic rings. The number of hydrogen-bond acceptors (Lipinski definition) is 10. The summed E-state index contributed by atoms with van der Waals surface area (Å²) in [4.78, 5) is 31.9. The topological polar surface area (TPSA) is 117 Å². The van der Waals surface area contributed by atoms with Crippen LogP contribution in [0.3, 0.4) is 0 Å². The third-order valence-electron chi connectivity index (χ3n) is 21.3. The van der Waals surface area contributed by atoms with Gasteiger partial charge in [0.05, 0.1) is 0 Å². The van der Waals surface area contributed by atoms with Gasteiger partial charge in [0.25, 0.3) is 0 Å². The van der Waals surface area contributed by atoms with Gasteiger partial charge in [-0.15, -0.1) is 11.3 Å². The van der Waals surface area contributed by atoms with Crippen LogP contribution in [-0.4, -0.2) is 29.9 Å². The first kappa shape index (κ1) is 62.1. The first-order valence-electron chi connectivity index (χ1n) is 36.6. The fourth-order valence-corrected chi connectivity index (χ4v) is 17.2. The first-order chi connectivity index (χ1) is 53.9. The molecular formula is C99H58N6O3S. The van der Waals surface area contributed by atoms with Gasteiger partial charge < -0.3 is 13.3 Å². The number of thiophene rings is 1. The number of rotatable bonds is 12. The van der Waals surface area contributed by atoms with Crippen LogP contribution in [0.1, 0.15) is 11.4 Å². The van der Waals surface area contributed by atoms with E-state index in [4.69, 9.17) is 43.2 Å². The zero-order chi connectivity index (χ0) is 71.6. The lowest BCUT2D eigenvalue weighted by Crippen LogP contribution is -2.03. The summed E-state index contributed by atoms with van der Waals surface area (Å²) in [5.74, 6) is 3.55. The van der Waals surface area contributed by atoms with E-state index < -0.39 is 0 Å². The second-order valence-electron chi connectivity index (χ2n) is 28.0. The fourth-order valence-electron chi connectivity index (χ4n) is 16.1. The SMILES string of the molecule is C(=C/c1cccc(-c2cccc(-c3ccc4cc5oc6c(-c7cc(-c8nc(-c9ccccc9)nc(-c9ccc%10ccccc%10c9)n8)c8c(c7)oc7ccccc78)cccc6c5cc4c3)c2)c1)/Cc1nc(-c2ccc3ccccc3c2)nc(-c2c(-c3ccc4c(c3)sc3ccccc34)ccc3oc4ccccc4c23)n1. The molecule has 0 fully saturated rings. The molecule has 0 saturated heterocycles. The molecule has 0 N–H and O–H groups in total. The van der Waals surface area contributed by atoms with Crippen LogP contribution in [0.5, 0.6) is 0 Å². The Kier molecular flexibility index (Phi) is 14.4. The smallest absolute Gasteiger partial charge is 0.165 e. The lowest BCUT2D eigenvalue weighted by Gasteiger charge is -2.13. The number of para-hydroxylation sites is 3. The molecule has 6 aromatic heterocycles. The van der Waals surface area contributed by atoms with Gasteiger partial charge in [-0.2, -0.15) is 0 Å². The van der Waals surface area contributed by atoms with Crippen LogP contribution in [0.15, 0.2) is 347 Å². The van der Waals surface area contributed by atoms with Gasteiger partial charge in [-0.3, -0.25) is 0 Å². The van der Waals surface area contributed by atoms with Crippen LogP contribution < -0.4 is 0 Å². The molecule has 0 radical (unpaired) electrons. The molecule has 0 spiro atoms. The number of hydrogen-bond donors (Lipinski definition) is 0. The molecule has 109 heavy (non-hydrogen) atoms. The van der Waals surface area contributed by atoms with E-state index in [1.807, 2.05) is 72.0 Å². The highest BCUT2D eigenvalue weighted by Crippen LogP contribution is 2.47. The maximum atomic E-state index is 7.01. The predicted molar refractivity (Wildman–Crippen MR) is 449 cm³/mol. The Morgan fingerprint density at radius 3 is 1.61 bits per heavy atom. The van der Waals surface area contributed by atoms with Crippen molar-refractivity contribution in [3.05, 3.63) is 345 Å². The van der Waals surface area contributed by atoms with E-state index in [9.17, 15) is 0 Å². The molecule has 22 rings (SSSR count). The van der Waals surface area contributed by atoms with Crippen molar-refractivity contribution in [1.82, 2.24) is 29.9 Å².